The van der Waals surface area contributed by atoms with E-state index in [1.807, 2.05) is 0 Å². The van der Waals surface area contributed by atoms with Crippen molar-refractivity contribution in [3.05, 3.63) is 0 Å². The zero-order valence-corrected chi connectivity index (χ0v) is 10.6. The highest BCUT2D eigenvalue weighted by Gasteiger charge is 2.96. The molecule has 0 radical (unpaired) electrons. The molecule has 0 aliphatic heterocycles. The van der Waals surface area contributed by atoms with E-state index in [0.717, 1.165) is 39.9 Å². The highest BCUT2D eigenvalue weighted by molar-refractivity contribution is 5.44. The van der Waals surface area contributed by atoms with Gasteiger partial charge in [0.15, 0.2) is 0 Å². The molecular formula is C16H23N. The minimum atomic E-state index is 0.605. The predicted molar refractivity (Wildman–Crippen MR) is 66.2 cm³/mol. The van der Waals surface area contributed by atoms with Crippen LogP contribution in [0.15, 0.2) is 0 Å². The first-order valence-electron chi connectivity index (χ1n) is 8.03. The molecule has 17 heavy (non-hydrogen) atoms. The van der Waals surface area contributed by atoms with Crippen LogP contribution in [0.4, 0.5) is 0 Å². The van der Waals surface area contributed by atoms with Crippen LogP contribution >= 0.6 is 0 Å². The van der Waals surface area contributed by atoms with Crippen molar-refractivity contribution in [1.29, 1.82) is 0 Å². The van der Waals surface area contributed by atoms with Crippen LogP contribution in [-0.4, -0.2) is 6.04 Å². The largest absolute Gasteiger partial charge is 0.327 e. The summed E-state index contributed by atoms with van der Waals surface area (Å²) in [5.41, 5.74) is 8.95. The number of fused-ring (bicyclic) bond motifs is 8. The standard InChI is InChI=1S/C16H23N/c17-11-7-9-10-8-16(13(10)12(9)11)14(3-1-4-14)15(16)5-2-6-15/h9-13H,1-8,17H2. The molecule has 6 aliphatic carbocycles. The van der Waals surface area contributed by atoms with Crippen LogP contribution in [0.1, 0.15) is 51.4 Å². The van der Waals surface area contributed by atoms with Gasteiger partial charge in [-0.05, 0) is 78.4 Å². The Balaban J connectivity index is 1.43. The lowest BCUT2D eigenvalue weighted by atomic mass is 9.31. The third kappa shape index (κ3) is 0.539. The smallest absolute Gasteiger partial charge is 0.00757 e. The van der Waals surface area contributed by atoms with E-state index in [9.17, 15) is 0 Å². The van der Waals surface area contributed by atoms with Crippen molar-refractivity contribution in [1.82, 2.24) is 0 Å². The average Bonchev–Trinajstić information content (AvgIpc) is 2.79. The molecule has 6 rings (SSSR count). The van der Waals surface area contributed by atoms with E-state index in [2.05, 4.69) is 0 Å². The Morgan fingerprint density at radius 1 is 0.882 bits per heavy atom. The van der Waals surface area contributed by atoms with Gasteiger partial charge in [-0.15, -0.1) is 0 Å². The summed E-state index contributed by atoms with van der Waals surface area (Å²) in [4.78, 5) is 0. The van der Waals surface area contributed by atoms with Crippen molar-refractivity contribution in [3.63, 3.8) is 0 Å². The van der Waals surface area contributed by atoms with Crippen molar-refractivity contribution in [2.24, 2.45) is 45.7 Å². The van der Waals surface area contributed by atoms with Gasteiger partial charge in [0, 0.05) is 6.04 Å². The van der Waals surface area contributed by atoms with E-state index in [1.54, 1.807) is 44.9 Å². The van der Waals surface area contributed by atoms with Gasteiger partial charge in [-0.2, -0.15) is 0 Å². The van der Waals surface area contributed by atoms with Gasteiger partial charge in [0.25, 0.3) is 0 Å². The molecule has 0 amide bonds. The molecule has 0 heterocycles. The molecule has 6 fully saturated rings. The Labute approximate surface area is 104 Å². The van der Waals surface area contributed by atoms with Crippen LogP contribution in [0.2, 0.25) is 0 Å². The summed E-state index contributed by atoms with van der Waals surface area (Å²) in [5, 5.41) is 0. The minimum Gasteiger partial charge on any atom is -0.327 e. The molecule has 1 heteroatoms. The molecule has 1 nitrogen and oxygen atoms in total. The minimum absolute atomic E-state index is 0.605. The lowest BCUT2D eigenvalue weighted by molar-refractivity contribution is -0.253. The Morgan fingerprint density at radius 3 is 2.00 bits per heavy atom. The summed E-state index contributed by atoms with van der Waals surface area (Å²) < 4.78 is 0. The van der Waals surface area contributed by atoms with Crippen molar-refractivity contribution in [3.8, 4) is 0 Å². The Kier molecular flexibility index (Phi) is 1.12. The average molecular weight is 229 g/mol. The maximum absolute atomic E-state index is 6.30. The van der Waals surface area contributed by atoms with Crippen molar-refractivity contribution >= 4 is 0 Å². The summed E-state index contributed by atoms with van der Waals surface area (Å²) >= 11 is 0. The first-order valence-corrected chi connectivity index (χ1v) is 8.03. The molecule has 2 N–H and O–H groups in total. The molecule has 6 aliphatic rings. The van der Waals surface area contributed by atoms with Crippen LogP contribution in [0.5, 0.6) is 0 Å². The quantitative estimate of drug-likeness (QED) is 0.679. The zero-order valence-electron chi connectivity index (χ0n) is 10.6. The van der Waals surface area contributed by atoms with E-state index < -0.39 is 0 Å². The van der Waals surface area contributed by atoms with Crippen LogP contribution in [-0.2, 0) is 0 Å². The molecule has 0 saturated heterocycles. The molecule has 0 aromatic carbocycles. The third-order valence-electron chi connectivity index (χ3n) is 9.06. The molecule has 5 unspecified atom stereocenters. The topological polar surface area (TPSA) is 26.0 Å². The van der Waals surface area contributed by atoms with Gasteiger partial charge in [0.2, 0.25) is 0 Å². The highest BCUT2D eigenvalue weighted by atomic mass is 15.0. The van der Waals surface area contributed by atoms with Gasteiger partial charge in [-0.3, -0.25) is 0 Å². The normalized spacial score (nSPS) is 60.2. The lowest BCUT2D eigenvalue weighted by Gasteiger charge is -2.74. The summed E-state index contributed by atoms with van der Waals surface area (Å²) in [6.07, 6.45) is 12.5. The van der Waals surface area contributed by atoms with Crippen molar-refractivity contribution in [2.45, 2.75) is 57.4 Å². The molecule has 0 aromatic rings. The zero-order chi connectivity index (χ0) is 11.0. The first kappa shape index (κ1) is 8.96. The number of hydrogen-bond acceptors (Lipinski definition) is 1. The van der Waals surface area contributed by atoms with Crippen molar-refractivity contribution in [2.75, 3.05) is 0 Å². The van der Waals surface area contributed by atoms with Crippen molar-refractivity contribution < 1.29 is 0 Å². The molecule has 0 bridgehead atoms. The Morgan fingerprint density at radius 2 is 1.53 bits per heavy atom. The maximum atomic E-state index is 6.30. The molecule has 3 spiro atoms. The van der Waals surface area contributed by atoms with Crippen LogP contribution in [0.25, 0.3) is 0 Å². The van der Waals surface area contributed by atoms with E-state index in [4.69, 9.17) is 5.73 Å². The monoisotopic (exact) mass is 229 g/mol. The first-order chi connectivity index (χ1) is 8.28. The summed E-state index contributed by atoms with van der Waals surface area (Å²) in [5.74, 6) is 4.36. The molecule has 5 atom stereocenters. The van der Waals surface area contributed by atoms with E-state index in [0.29, 0.717) is 6.04 Å². The Hall–Kier alpha value is -0.0400. The Bertz CT molecular complexity index is 411. The second kappa shape index (κ2) is 2.13. The van der Waals surface area contributed by atoms with E-state index in [-0.39, 0.29) is 0 Å². The van der Waals surface area contributed by atoms with Crippen LogP contribution in [0.3, 0.4) is 0 Å². The fourth-order valence-corrected chi connectivity index (χ4v) is 8.37. The number of rotatable bonds is 0. The van der Waals surface area contributed by atoms with Crippen LogP contribution in [0, 0.1) is 39.9 Å². The van der Waals surface area contributed by atoms with Gasteiger partial charge < -0.3 is 5.73 Å². The lowest BCUT2D eigenvalue weighted by Crippen LogP contribution is -2.73. The predicted octanol–water partition coefficient (Wildman–Crippen LogP) is 2.94. The summed E-state index contributed by atoms with van der Waals surface area (Å²) in [6, 6.07) is 0.605. The van der Waals surface area contributed by atoms with E-state index >= 15 is 0 Å². The molecule has 0 aromatic heterocycles. The highest BCUT2D eigenvalue weighted by Crippen LogP contribution is 3.02. The molecule has 6 saturated carbocycles. The van der Waals surface area contributed by atoms with Gasteiger partial charge in [0.05, 0.1) is 0 Å². The third-order valence-corrected chi connectivity index (χ3v) is 9.06. The van der Waals surface area contributed by atoms with Gasteiger partial charge in [-0.1, -0.05) is 12.8 Å². The van der Waals surface area contributed by atoms with Gasteiger partial charge in [0.1, 0.15) is 0 Å². The second-order valence-electron chi connectivity index (χ2n) is 8.38. The fraction of sp³-hybridized carbons (Fsp3) is 1.00. The van der Waals surface area contributed by atoms with Gasteiger partial charge >= 0.3 is 0 Å². The fourth-order valence-electron chi connectivity index (χ4n) is 8.37. The maximum Gasteiger partial charge on any atom is 0.00757 e. The summed E-state index contributed by atoms with van der Waals surface area (Å²) in [7, 11) is 0. The second-order valence-corrected chi connectivity index (χ2v) is 8.38. The summed E-state index contributed by atoms with van der Waals surface area (Å²) in [6.45, 7) is 0. The molecular weight excluding hydrogens is 206 g/mol. The molecule has 92 valence electrons. The van der Waals surface area contributed by atoms with E-state index in [1.165, 1.54) is 6.42 Å². The van der Waals surface area contributed by atoms with Crippen LogP contribution < -0.4 is 5.73 Å². The number of nitrogens with two attached hydrogens (primary N) is 1. The number of hydrogen-bond donors (Lipinski definition) is 1. The van der Waals surface area contributed by atoms with Gasteiger partial charge in [-0.25, -0.2) is 0 Å². The SMILES string of the molecule is NC1CC2C3CC4(C3C12)C1(CCC1)C41CCC1.